The van der Waals surface area contributed by atoms with Gasteiger partial charge in [-0.15, -0.1) is 0 Å². The van der Waals surface area contributed by atoms with Crippen molar-refractivity contribution in [3.8, 4) is 0 Å². The number of anilines is 1. The van der Waals surface area contributed by atoms with Gasteiger partial charge < -0.3 is 25.8 Å². The summed E-state index contributed by atoms with van der Waals surface area (Å²) in [7, 11) is 0. The smallest absolute Gasteiger partial charge is 0.326 e. The molecule has 2 unspecified atom stereocenters. The van der Waals surface area contributed by atoms with Crippen molar-refractivity contribution < 1.29 is 19.4 Å². The highest BCUT2D eigenvalue weighted by Gasteiger charge is 2.30. The molecule has 0 bridgehead atoms. The predicted octanol–water partition coefficient (Wildman–Crippen LogP) is 2.52. The van der Waals surface area contributed by atoms with Crippen molar-refractivity contribution in [2.75, 3.05) is 31.6 Å². The molecule has 1 aromatic rings. The quantitative estimate of drug-likeness (QED) is 0.403. The summed E-state index contributed by atoms with van der Waals surface area (Å²) in [5, 5.41) is 18.8. The van der Waals surface area contributed by atoms with Crippen molar-refractivity contribution in [3.05, 3.63) is 23.4 Å². The molecule has 33 heavy (non-hydrogen) atoms. The van der Waals surface area contributed by atoms with E-state index in [0.717, 1.165) is 76.1 Å². The van der Waals surface area contributed by atoms with E-state index in [1.807, 2.05) is 0 Å². The van der Waals surface area contributed by atoms with Gasteiger partial charge in [-0.25, -0.2) is 9.78 Å². The Morgan fingerprint density at radius 1 is 1.21 bits per heavy atom. The molecule has 0 aromatic carbocycles. The van der Waals surface area contributed by atoms with E-state index in [4.69, 9.17) is 9.72 Å². The molecule has 182 valence electrons. The van der Waals surface area contributed by atoms with Crippen LogP contribution in [-0.2, 0) is 27.2 Å². The monoisotopic (exact) mass is 458 g/mol. The molecule has 4 N–H and O–H groups in total. The van der Waals surface area contributed by atoms with Crippen LogP contribution in [-0.4, -0.2) is 60.4 Å². The zero-order valence-electron chi connectivity index (χ0n) is 19.5. The fourth-order valence-corrected chi connectivity index (χ4v) is 5.13. The zero-order chi connectivity index (χ0) is 23.0. The number of carboxylic acid groups (broad SMARTS) is 1. The summed E-state index contributed by atoms with van der Waals surface area (Å²) in [4.78, 5) is 28.6. The number of carbonyl (C=O) groups is 2. The lowest BCUT2D eigenvalue weighted by Crippen LogP contribution is -2.43. The minimum Gasteiger partial charge on any atom is -0.480 e. The van der Waals surface area contributed by atoms with Crippen LogP contribution in [0.4, 0.5) is 5.82 Å². The summed E-state index contributed by atoms with van der Waals surface area (Å²) < 4.78 is 5.90. The molecule has 1 aliphatic carbocycles. The van der Waals surface area contributed by atoms with Gasteiger partial charge in [0.25, 0.3) is 0 Å². The van der Waals surface area contributed by atoms with E-state index in [-0.39, 0.29) is 12.0 Å². The molecule has 3 heterocycles. The van der Waals surface area contributed by atoms with Gasteiger partial charge in [0.1, 0.15) is 11.9 Å². The molecule has 8 heteroatoms. The van der Waals surface area contributed by atoms with Crippen LogP contribution in [0, 0.1) is 11.8 Å². The number of amides is 1. The summed E-state index contributed by atoms with van der Waals surface area (Å²) in [6, 6.07) is 3.48. The molecule has 1 saturated carbocycles. The molecule has 3 aliphatic rings. The standard InChI is InChI=1S/C25H38N4O4/c30-23(15-18-3-1-10-26-16-18)29-22(25(31)32)9-12-33-21-13-17(14-21)5-7-20-8-6-19-4-2-11-27-24(19)28-20/h6,8,17-18,21-22,26H,1-5,7,9-16H2,(H,27,28)(H,29,30)(H,31,32). The van der Waals surface area contributed by atoms with Crippen LogP contribution in [0.1, 0.15) is 62.6 Å². The Kier molecular flexibility index (Phi) is 8.56. The van der Waals surface area contributed by atoms with Gasteiger partial charge in [-0.3, -0.25) is 4.79 Å². The minimum absolute atomic E-state index is 0.175. The molecule has 2 atom stereocenters. The lowest BCUT2D eigenvalue weighted by atomic mass is 9.79. The van der Waals surface area contributed by atoms with E-state index in [1.54, 1.807) is 0 Å². The molecule has 1 aromatic heterocycles. The second-order valence-electron chi connectivity index (χ2n) is 9.87. The number of hydrogen-bond acceptors (Lipinski definition) is 6. The van der Waals surface area contributed by atoms with Crippen LogP contribution >= 0.6 is 0 Å². The van der Waals surface area contributed by atoms with E-state index in [9.17, 15) is 14.7 Å². The summed E-state index contributed by atoms with van der Waals surface area (Å²) >= 11 is 0. The second kappa shape index (κ2) is 11.8. The van der Waals surface area contributed by atoms with Gasteiger partial charge in [-0.2, -0.15) is 0 Å². The van der Waals surface area contributed by atoms with Crippen LogP contribution in [0.2, 0.25) is 0 Å². The number of piperidine rings is 1. The molecule has 8 nitrogen and oxygen atoms in total. The van der Waals surface area contributed by atoms with E-state index in [2.05, 4.69) is 28.1 Å². The highest BCUT2D eigenvalue weighted by Crippen LogP contribution is 2.34. The largest absolute Gasteiger partial charge is 0.480 e. The number of carboxylic acids is 1. The normalized spacial score (nSPS) is 25.3. The highest BCUT2D eigenvalue weighted by atomic mass is 16.5. The molecule has 2 aliphatic heterocycles. The lowest BCUT2D eigenvalue weighted by molar-refractivity contribution is -0.143. The van der Waals surface area contributed by atoms with Gasteiger partial charge in [0.05, 0.1) is 6.10 Å². The molecule has 1 saturated heterocycles. The third-order valence-electron chi connectivity index (χ3n) is 7.22. The van der Waals surface area contributed by atoms with Gasteiger partial charge in [-0.1, -0.05) is 6.07 Å². The van der Waals surface area contributed by atoms with E-state index >= 15 is 0 Å². The number of ether oxygens (including phenoxy) is 1. The molecule has 4 rings (SSSR count). The summed E-state index contributed by atoms with van der Waals surface area (Å²) in [6.07, 6.45) is 9.38. The van der Waals surface area contributed by atoms with E-state index in [0.29, 0.717) is 31.3 Å². The molecule has 1 amide bonds. The Hall–Kier alpha value is -2.19. The van der Waals surface area contributed by atoms with Gasteiger partial charge in [-0.05, 0) is 87.9 Å². The van der Waals surface area contributed by atoms with Crippen molar-refractivity contribution >= 4 is 17.7 Å². The Bertz CT molecular complexity index is 806. The van der Waals surface area contributed by atoms with Crippen LogP contribution < -0.4 is 16.0 Å². The van der Waals surface area contributed by atoms with Gasteiger partial charge >= 0.3 is 5.97 Å². The first-order valence-electron chi connectivity index (χ1n) is 12.6. The van der Waals surface area contributed by atoms with Crippen molar-refractivity contribution in [1.29, 1.82) is 0 Å². The fraction of sp³-hybridized carbons (Fsp3) is 0.720. The fourth-order valence-electron chi connectivity index (χ4n) is 5.13. The van der Waals surface area contributed by atoms with Crippen LogP contribution in [0.25, 0.3) is 0 Å². The summed E-state index contributed by atoms with van der Waals surface area (Å²) in [5.41, 5.74) is 2.47. The van der Waals surface area contributed by atoms with Crippen LogP contribution in [0.3, 0.4) is 0 Å². The molecular formula is C25H38N4O4. The third-order valence-corrected chi connectivity index (χ3v) is 7.22. The number of hydrogen-bond donors (Lipinski definition) is 4. The van der Waals surface area contributed by atoms with Crippen molar-refractivity contribution in [2.24, 2.45) is 11.8 Å². The van der Waals surface area contributed by atoms with Gasteiger partial charge in [0.15, 0.2) is 0 Å². The predicted molar refractivity (Wildman–Crippen MR) is 126 cm³/mol. The highest BCUT2D eigenvalue weighted by molar-refractivity contribution is 5.83. The van der Waals surface area contributed by atoms with Crippen molar-refractivity contribution in [2.45, 2.75) is 76.4 Å². The first-order chi connectivity index (χ1) is 16.1. The Labute approximate surface area is 196 Å². The number of pyridine rings is 1. The summed E-state index contributed by atoms with van der Waals surface area (Å²) in [5.74, 6) is 0.825. The SMILES string of the molecule is O=C(CC1CCCNC1)NC(CCOC1CC(CCc2ccc3c(n2)NCCC3)C1)C(=O)O. The van der Waals surface area contributed by atoms with Crippen LogP contribution in [0.15, 0.2) is 12.1 Å². The molecule has 0 spiro atoms. The number of nitrogens with zero attached hydrogens (tertiary/aromatic N) is 1. The lowest BCUT2D eigenvalue weighted by Gasteiger charge is -2.35. The first-order valence-corrected chi connectivity index (χ1v) is 12.6. The van der Waals surface area contributed by atoms with Crippen molar-refractivity contribution in [3.63, 3.8) is 0 Å². The van der Waals surface area contributed by atoms with Crippen LogP contribution in [0.5, 0.6) is 0 Å². The summed E-state index contributed by atoms with van der Waals surface area (Å²) in [6.45, 7) is 3.20. The Morgan fingerprint density at radius 2 is 2.09 bits per heavy atom. The molecule has 0 radical (unpaired) electrons. The van der Waals surface area contributed by atoms with E-state index < -0.39 is 12.0 Å². The number of nitrogens with one attached hydrogen (secondary N) is 3. The average molecular weight is 459 g/mol. The topological polar surface area (TPSA) is 113 Å². The number of rotatable bonds is 11. The molecular weight excluding hydrogens is 420 g/mol. The van der Waals surface area contributed by atoms with Gasteiger partial charge in [0, 0.05) is 31.7 Å². The van der Waals surface area contributed by atoms with E-state index in [1.165, 1.54) is 12.0 Å². The average Bonchev–Trinajstić information content (AvgIpc) is 2.79. The number of aryl methyl sites for hydroxylation is 2. The number of fused-ring (bicyclic) bond motifs is 1. The second-order valence-corrected chi connectivity index (χ2v) is 9.87. The molecule has 2 fully saturated rings. The maximum atomic E-state index is 12.2. The maximum absolute atomic E-state index is 12.2. The first kappa shape index (κ1) is 24.0. The van der Waals surface area contributed by atoms with Gasteiger partial charge in [0.2, 0.25) is 5.91 Å². The van der Waals surface area contributed by atoms with Crippen molar-refractivity contribution in [1.82, 2.24) is 15.6 Å². The number of aromatic nitrogens is 1. The minimum atomic E-state index is -0.993. The zero-order valence-corrected chi connectivity index (χ0v) is 19.5. The Morgan fingerprint density at radius 3 is 2.88 bits per heavy atom. The number of carbonyl (C=O) groups excluding carboxylic acids is 1. The maximum Gasteiger partial charge on any atom is 0.326 e. The third kappa shape index (κ3) is 7.14. The Balaban J connectivity index is 1.10. The number of aliphatic carboxylic acids is 1.